The van der Waals surface area contributed by atoms with Gasteiger partial charge in [-0.3, -0.25) is 23.4 Å². The van der Waals surface area contributed by atoms with E-state index in [2.05, 4.69) is 9.51 Å². The summed E-state index contributed by atoms with van der Waals surface area (Å²) in [5.74, 6) is 0.437. The summed E-state index contributed by atoms with van der Waals surface area (Å²) in [5, 5.41) is 20.5. The van der Waals surface area contributed by atoms with Crippen molar-refractivity contribution in [3.8, 4) is 0 Å². The van der Waals surface area contributed by atoms with Gasteiger partial charge in [-0.1, -0.05) is 12.8 Å². The summed E-state index contributed by atoms with van der Waals surface area (Å²) in [7, 11) is -4.82. The number of phosphoric acid groups is 1. The van der Waals surface area contributed by atoms with Crippen LogP contribution >= 0.6 is 7.82 Å². The van der Waals surface area contributed by atoms with Gasteiger partial charge in [0.2, 0.25) is 0 Å². The molecule has 4 unspecified atom stereocenters. The molecule has 3 heterocycles. The third-order valence-electron chi connectivity index (χ3n) is 6.10. The molecule has 2 aromatic heterocycles. The Balaban J connectivity index is 1.57. The molecule has 12 nitrogen and oxygen atoms in total. The van der Waals surface area contributed by atoms with Crippen molar-refractivity contribution in [3.63, 3.8) is 0 Å². The molecule has 1 aliphatic heterocycles. The topological polar surface area (TPSA) is 173 Å². The molecule has 0 aromatic carbocycles. The van der Waals surface area contributed by atoms with E-state index < -0.39 is 50.2 Å². The number of hydrogen-bond acceptors (Lipinski definition) is 8. The molecule has 4 N–H and O–H groups in total. The van der Waals surface area contributed by atoms with Gasteiger partial charge in [0.05, 0.1) is 18.8 Å². The van der Waals surface area contributed by atoms with Gasteiger partial charge in [-0.15, -0.1) is 0 Å². The Hall–Kier alpha value is -2.18. The molecular weight excluding hydrogens is 457 g/mol. The molecule has 1 saturated heterocycles. The molecule has 1 aliphatic carbocycles. The largest absolute Gasteiger partial charge is 0.469 e. The normalized spacial score (nSPS) is 26.2. The number of aliphatic hydroxyl groups excluding tert-OH is 2. The SMILES string of the molecule is O=c1ccn(C2OC(COP(=O)(O)O)C(O)C2O)c(=O)n1Cc1cc(C2CCCC2)ccn1. The Morgan fingerprint density at radius 3 is 2.58 bits per heavy atom. The Bertz CT molecular complexity index is 1150. The van der Waals surface area contributed by atoms with Crippen LogP contribution in [0.15, 0.2) is 40.2 Å². The predicted molar refractivity (Wildman–Crippen MR) is 113 cm³/mol. The maximum Gasteiger partial charge on any atom is 0.469 e. The van der Waals surface area contributed by atoms with Gasteiger partial charge >= 0.3 is 13.5 Å². The predicted octanol–water partition coefficient (Wildman–Crippen LogP) is -0.161. The maximum atomic E-state index is 13.1. The highest BCUT2D eigenvalue weighted by molar-refractivity contribution is 7.46. The molecule has 4 rings (SSSR count). The van der Waals surface area contributed by atoms with Gasteiger partial charge in [-0.05, 0) is 36.5 Å². The van der Waals surface area contributed by atoms with Gasteiger partial charge in [-0.2, -0.15) is 0 Å². The summed E-state index contributed by atoms with van der Waals surface area (Å²) >= 11 is 0. The van der Waals surface area contributed by atoms with Crippen molar-refractivity contribution in [2.24, 2.45) is 0 Å². The molecule has 0 spiro atoms. The zero-order chi connectivity index (χ0) is 23.8. The van der Waals surface area contributed by atoms with E-state index in [1.54, 1.807) is 6.20 Å². The number of rotatable bonds is 7. The molecule has 1 saturated carbocycles. The van der Waals surface area contributed by atoms with Crippen molar-refractivity contribution in [3.05, 3.63) is 62.7 Å². The van der Waals surface area contributed by atoms with Crippen molar-refractivity contribution in [2.45, 2.75) is 62.7 Å². The van der Waals surface area contributed by atoms with Gasteiger partial charge in [0.1, 0.15) is 18.3 Å². The average molecular weight is 483 g/mol. The molecule has 33 heavy (non-hydrogen) atoms. The minimum Gasteiger partial charge on any atom is -0.387 e. The third kappa shape index (κ3) is 5.33. The average Bonchev–Trinajstić information content (AvgIpc) is 3.40. The van der Waals surface area contributed by atoms with E-state index in [4.69, 9.17) is 14.5 Å². The van der Waals surface area contributed by atoms with Crippen molar-refractivity contribution in [1.82, 2.24) is 14.1 Å². The summed E-state index contributed by atoms with van der Waals surface area (Å²) in [6.07, 6.45) is 1.46. The van der Waals surface area contributed by atoms with Gasteiger partial charge in [0.25, 0.3) is 5.56 Å². The van der Waals surface area contributed by atoms with Crippen LogP contribution in [0.25, 0.3) is 0 Å². The molecule has 2 fully saturated rings. The van der Waals surface area contributed by atoms with E-state index in [9.17, 15) is 24.4 Å². The van der Waals surface area contributed by atoms with E-state index in [1.807, 2.05) is 12.1 Å². The first-order chi connectivity index (χ1) is 15.6. The quantitative estimate of drug-likeness (QED) is 0.388. The van der Waals surface area contributed by atoms with Crippen LogP contribution in [0, 0.1) is 0 Å². The standard InChI is InChI=1S/C20H26N3O9P/c24-16-6-8-22(19-18(26)17(25)15(32-19)11-31-33(28,29)30)20(27)23(16)10-14-9-13(5-7-21-14)12-3-1-2-4-12/h5-9,12,15,17-19,25-26H,1-4,10-11H2,(H2,28,29,30). The lowest BCUT2D eigenvalue weighted by Crippen LogP contribution is -2.43. The van der Waals surface area contributed by atoms with E-state index in [0.29, 0.717) is 11.6 Å². The highest BCUT2D eigenvalue weighted by atomic mass is 31.2. The number of pyridine rings is 1. The molecule has 13 heteroatoms. The first kappa shape index (κ1) is 24.0. The van der Waals surface area contributed by atoms with Crippen LogP contribution < -0.4 is 11.2 Å². The Morgan fingerprint density at radius 2 is 1.88 bits per heavy atom. The Labute approximate surface area is 188 Å². The molecule has 0 amide bonds. The van der Waals surface area contributed by atoms with E-state index >= 15 is 0 Å². The van der Waals surface area contributed by atoms with Crippen LogP contribution in [-0.4, -0.2) is 59.0 Å². The zero-order valence-electron chi connectivity index (χ0n) is 17.6. The minimum absolute atomic E-state index is 0.0881. The zero-order valence-corrected chi connectivity index (χ0v) is 18.5. The summed E-state index contributed by atoms with van der Waals surface area (Å²) < 4.78 is 22.6. The number of phosphoric ester groups is 1. The fraction of sp³-hybridized carbons (Fsp3) is 0.550. The molecule has 2 aromatic rings. The fourth-order valence-electron chi connectivity index (χ4n) is 4.40. The first-order valence-electron chi connectivity index (χ1n) is 10.6. The number of aromatic nitrogens is 3. The van der Waals surface area contributed by atoms with Crippen LogP contribution in [0.1, 0.15) is 49.1 Å². The second-order valence-electron chi connectivity index (χ2n) is 8.32. The highest BCUT2D eigenvalue weighted by Gasteiger charge is 2.45. The molecule has 0 bridgehead atoms. The molecule has 0 radical (unpaired) electrons. The summed E-state index contributed by atoms with van der Waals surface area (Å²) in [4.78, 5) is 47.5. The second kappa shape index (κ2) is 9.59. The summed E-state index contributed by atoms with van der Waals surface area (Å²) in [6.45, 7) is -0.791. The number of aliphatic hydroxyl groups is 2. The van der Waals surface area contributed by atoms with E-state index in [0.717, 1.165) is 39.8 Å². The van der Waals surface area contributed by atoms with Crippen molar-refractivity contribution in [1.29, 1.82) is 0 Å². The van der Waals surface area contributed by atoms with Crippen LogP contribution in [0.3, 0.4) is 0 Å². The lowest BCUT2D eigenvalue weighted by Gasteiger charge is -2.19. The second-order valence-corrected chi connectivity index (χ2v) is 9.56. The van der Waals surface area contributed by atoms with E-state index in [-0.39, 0.29) is 6.54 Å². The van der Waals surface area contributed by atoms with Crippen LogP contribution in [-0.2, 0) is 20.4 Å². The van der Waals surface area contributed by atoms with Gasteiger partial charge < -0.3 is 24.7 Å². The summed E-state index contributed by atoms with van der Waals surface area (Å²) in [5.41, 5.74) is 0.298. The molecule has 2 aliphatic rings. The Morgan fingerprint density at radius 1 is 1.15 bits per heavy atom. The third-order valence-corrected chi connectivity index (χ3v) is 6.59. The number of ether oxygens (including phenoxy) is 1. The van der Waals surface area contributed by atoms with Crippen molar-refractivity contribution < 1.29 is 33.8 Å². The van der Waals surface area contributed by atoms with Crippen LogP contribution in [0.4, 0.5) is 0 Å². The lowest BCUT2D eigenvalue weighted by molar-refractivity contribution is -0.0548. The lowest BCUT2D eigenvalue weighted by atomic mass is 9.98. The van der Waals surface area contributed by atoms with Crippen LogP contribution in [0.5, 0.6) is 0 Å². The number of hydrogen-bond donors (Lipinski definition) is 4. The molecule has 180 valence electrons. The van der Waals surface area contributed by atoms with Crippen molar-refractivity contribution in [2.75, 3.05) is 6.61 Å². The summed E-state index contributed by atoms with van der Waals surface area (Å²) in [6, 6.07) is 4.96. The number of nitrogens with zero attached hydrogens (tertiary/aromatic N) is 3. The Kier molecular flexibility index (Phi) is 6.96. The smallest absolute Gasteiger partial charge is 0.387 e. The highest BCUT2D eigenvalue weighted by Crippen LogP contribution is 2.38. The van der Waals surface area contributed by atoms with E-state index in [1.165, 1.54) is 12.8 Å². The van der Waals surface area contributed by atoms with Crippen LogP contribution in [0.2, 0.25) is 0 Å². The first-order valence-corrected chi connectivity index (χ1v) is 12.2. The van der Waals surface area contributed by atoms with Gasteiger partial charge in [0, 0.05) is 18.5 Å². The monoisotopic (exact) mass is 483 g/mol. The van der Waals surface area contributed by atoms with Gasteiger partial charge in [-0.25, -0.2) is 9.36 Å². The fourth-order valence-corrected chi connectivity index (χ4v) is 4.74. The van der Waals surface area contributed by atoms with Crippen molar-refractivity contribution >= 4 is 7.82 Å². The minimum atomic E-state index is -4.82. The molecule has 4 atom stereocenters. The molecular formula is C20H26N3O9P. The maximum absolute atomic E-state index is 13.1. The van der Waals surface area contributed by atoms with Gasteiger partial charge in [0.15, 0.2) is 6.23 Å².